The quantitative estimate of drug-likeness (QED) is 0.775. The highest BCUT2D eigenvalue weighted by atomic mass is 16.5. The van der Waals surface area contributed by atoms with Crippen molar-refractivity contribution in [1.29, 1.82) is 0 Å². The van der Waals surface area contributed by atoms with Gasteiger partial charge >= 0.3 is 5.91 Å². The van der Waals surface area contributed by atoms with Gasteiger partial charge in [-0.3, -0.25) is 4.79 Å². The van der Waals surface area contributed by atoms with Gasteiger partial charge in [-0.15, -0.1) is 0 Å². The van der Waals surface area contributed by atoms with Crippen LogP contribution in [0.15, 0.2) is 68.9 Å². The first-order valence-corrected chi connectivity index (χ1v) is 8.03. The maximum absolute atomic E-state index is 12.9. The Bertz CT molecular complexity index is 944. The fraction of sp³-hybridized carbons (Fsp3) is 0.158. The van der Waals surface area contributed by atoms with Crippen LogP contribution in [-0.2, 0) is 0 Å². The highest BCUT2D eigenvalue weighted by Gasteiger charge is 2.37. The molecule has 1 atom stereocenters. The third kappa shape index (κ3) is 2.63. The third-order valence-corrected chi connectivity index (χ3v) is 4.27. The molecule has 3 heterocycles. The van der Waals surface area contributed by atoms with Crippen molar-refractivity contribution in [2.75, 3.05) is 7.11 Å². The van der Waals surface area contributed by atoms with E-state index in [0.29, 0.717) is 29.2 Å². The summed E-state index contributed by atoms with van der Waals surface area (Å²) in [5.74, 6) is 0.658. The van der Waals surface area contributed by atoms with Crippen LogP contribution in [0.2, 0.25) is 0 Å². The van der Waals surface area contributed by atoms with Gasteiger partial charge in [0.2, 0.25) is 0 Å². The highest BCUT2D eigenvalue weighted by Crippen LogP contribution is 2.41. The Morgan fingerprint density at radius 2 is 2.00 bits per heavy atom. The van der Waals surface area contributed by atoms with Crippen LogP contribution in [0.25, 0.3) is 0 Å². The second-order valence-corrected chi connectivity index (χ2v) is 5.77. The first kappa shape index (κ1) is 16.0. The van der Waals surface area contributed by atoms with Crippen LogP contribution in [0.5, 0.6) is 11.5 Å². The van der Waals surface area contributed by atoms with E-state index in [2.05, 4.69) is 5.10 Å². The van der Waals surface area contributed by atoms with Crippen molar-refractivity contribution in [1.82, 2.24) is 5.01 Å². The molecule has 0 spiro atoms. The Balaban J connectivity index is 1.76. The molecule has 4 rings (SSSR count). The maximum Gasteiger partial charge on any atom is 0.310 e. The van der Waals surface area contributed by atoms with Crippen LogP contribution in [0.1, 0.15) is 34.3 Å². The summed E-state index contributed by atoms with van der Waals surface area (Å²) in [5, 5.41) is 16.3. The Morgan fingerprint density at radius 1 is 1.19 bits per heavy atom. The molecule has 1 aliphatic rings. The number of hydrazone groups is 1. The minimum absolute atomic E-state index is 0.0202. The van der Waals surface area contributed by atoms with Gasteiger partial charge in [0.15, 0.2) is 17.3 Å². The number of carbonyl (C=O) groups is 1. The fourth-order valence-electron chi connectivity index (χ4n) is 3.02. The molecular formula is C19H16N2O5. The number of furan rings is 2. The Labute approximate surface area is 149 Å². The van der Waals surface area contributed by atoms with E-state index in [1.165, 1.54) is 18.4 Å². The number of hydrogen-bond acceptors (Lipinski definition) is 6. The molecule has 0 fully saturated rings. The fourth-order valence-corrected chi connectivity index (χ4v) is 3.02. The zero-order valence-corrected chi connectivity index (χ0v) is 14.0. The molecule has 2 aromatic heterocycles. The summed E-state index contributed by atoms with van der Waals surface area (Å²) < 4.78 is 15.8. The lowest BCUT2D eigenvalue weighted by molar-refractivity contribution is 0.0676. The second kappa shape index (κ2) is 6.44. The maximum atomic E-state index is 12.9. The van der Waals surface area contributed by atoms with Gasteiger partial charge in [0.05, 0.1) is 25.7 Å². The first-order chi connectivity index (χ1) is 12.7. The normalized spacial score (nSPS) is 16.6. The van der Waals surface area contributed by atoms with Gasteiger partial charge in [-0.2, -0.15) is 5.10 Å². The largest absolute Gasteiger partial charge is 0.504 e. The van der Waals surface area contributed by atoms with E-state index in [0.717, 1.165) is 0 Å². The molecule has 3 aromatic rings. The molecule has 1 aliphatic heterocycles. The summed E-state index contributed by atoms with van der Waals surface area (Å²) in [4.78, 5) is 12.9. The van der Waals surface area contributed by atoms with Gasteiger partial charge < -0.3 is 18.7 Å². The minimum Gasteiger partial charge on any atom is -0.504 e. The SMILES string of the molecule is COc1cccc(C2CC(c3ccco3)=NN2C(=O)c2ccco2)c1O. The van der Waals surface area contributed by atoms with Crippen molar-refractivity contribution in [3.8, 4) is 11.5 Å². The predicted octanol–water partition coefficient (Wildman–Crippen LogP) is 3.58. The number of rotatable bonds is 4. The van der Waals surface area contributed by atoms with Crippen molar-refractivity contribution < 1.29 is 23.5 Å². The molecule has 1 N–H and O–H groups in total. The number of aromatic hydroxyl groups is 1. The van der Waals surface area contributed by atoms with Crippen LogP contribution < -0.4 is 4.74 Å². The predicted molar refractivity (Wildman–Crippen MR) is 92.1 cm³/mol. The number of ether oxygens (including phenoxy) is 1. The van der Waals surface area contributed by atoms with Gasteiger partial charge in [0.25, 0.3) is 0 Å². The Kier molecular flexibility index (Phi) is 3.96. The van der Waals surface area contributed by atoms with Crippen molar-refractivity contribution >= 4 is 11.6 Å². The van der Waals surface area contributed by atoms with E-state index in [4.69, 9.17) is 13.6 Å². The first-order valence-electron chi connectivity index (χ1n) is 8.03. The molecule has 7 heteroatoms. The zero-order chi connectivity index (χ0) is 18.1. The third-order valence-electron chi connectivity index (χ3n) is 4.27. The summed E-state index contributed by atoms with van der Waals surface area (Å²) in [5.41, 5.74) is 1.15. The smallest absolute Gasteiger partial charge is 0.310 e. The van der Waals surface area contributed by atoms with Crippen molar-refractivity contribution in [2.24, 2.45) is 5.10 Å². The van der Waals surface area contributed by atoms with Gasteiger partial charge in [-0.05, 0) is 30.3 Å². The summed E-state index contributed by atoms with van der Waals surface area (Å²) >= 11 is 0. The van der Waals surface area contributed by atoms with Gasteiger partial charge in [0, 0.05) is 12.0 Å². The number of para-hydroxylation sites is 1. The number of phenolic OH excluding ortho intramolecular Hbond substituents is 1. The zero-order valence-electron chi connectivity index (χ0n) is 14.0. The van der Waals surface area contributed by atoms with E-state index < -0.39 is 11.9 Å². The number of carbonyl (C=O) groups excluding carboxylic acids is 1. The lowest BCUT2D eigenvalue weighted by Gasteiger charge is -2.22. The van der Waals surface area contributed by atoms with Crippen molar-refractivity contribution in [3.05, 3.63) is 72.1 Å². The van der Waals surface area contributed by atoms with E-state index in [1.54, 1.807) is 48.7 Å². The van der Waals surface area contributed by atoms with Gasteiger partial charge in [0.1, 0.15) is 11.5 Å². The molecule has 0 saturated heterocycles. The van der Waals surface area contributed by atoms with E-state index in [9.17, 15) is 9.90 Å². The molecule has 1 aromatic carbocycles. The van der Waals surface area contributed by atoms with Gasteiger partial charge in [-0.1, -0.05) is 12.1 Å². The Hall–Kier alpha value is -3.48. The summed E-state index contributed by atoms with van der Waals surface area (Å²) in [6.07, 6.45) is 3.37. The molecule has 0 aliphatic carbocycles. The topological polar surface area (TPSA) is 88.4 Å². The molecule has 0 radical (unpaired) electrons. The number of phenols is 1. The van der Waals surface area contributed by atoms with Crippen LogP contribution in [0.4, 0.5) is 0 Å². The molecule has 1 amide bonds. The molecule has 0 bridgehead atoms. The van der Waals surface area contributed by atoms with Crippen molar-refractivity contribution in [3.63, 3.8) is 0 Å². The van der Waals surface area contributed by atoms with E-state index in [-0.39, 0.29) is 11.5 Å². The molecule has 132 valence electrons. The molecule has 0 saturated carbocycles. The van der Waals surface area contributed by atoms with Crippen molar-refractivity contribution in [2.45, 2.75) is 12.5 Å². The second-order valence-electron chi connectivity index (χ2n) is 5.77. The lowest BCUT2D eigenvalue weighted by Crippen LogP contribution is -2.26. The van der Waals surface area contributed by atoms with E-state index >= 15 is 0 Å². The van der Waals surface area contributed by atoms with Crippen LogP contribution >= 0.6 is 0 Å². The van der Waals surface area contributed by atoms with E-state index in [1.807, 2.05) is 0 Å². The average molecular weight is 352 g/mol. The number of methoxy groups -OCH3 is 1. The lowest BCUT2D eigenvalue weighted by atomic mass is 9.99. The molecule has 1 unspecified atom stereocenters. The molecule has 7 nitrogen and oxygen atoms in total. The highest BCUT2D eigenvalue weighted by molar-refractivity contribution is 6.02. The van der Waals surface area contributed by atoms with Crippen LogP contribution in [-0.4, -0.2) is 28.8 Å². The molecule has 26 heavy (non-hydrogen) atoms. The minimum atomic E-state index is -0.511. The summed E-state index contributed by atoms with van der Waals surface area (Å²) in [6, 6.07) is 11.4. The number of amides is 1. The average Bonchev–Trinajstić information content (AvgIpc) is 3.42. The number of benzene rings is 1. The monoisotopic (exact) mass is 352 g/mol. The van der Waals surface area contributed by atoms with Crippen LogP contribution in [0.3, 0.4) is 0 Å². The summed E-state index contributed by atoms with van der Waals surface area (Å²) in [6.45, 7) is 0. The van der Waals surface area contributed by atoms with Gasteiger partial charge in [-0.25, -0.2) is 5.01 Å². The standard InChI is InChI=1S/C19H16N2O5/c1-24-16-6-2-5-12(18(16)22)14-11-13(15-7-3-9-25-15)20-21(14)19(23)17-8-4-10-26-17/h2-10,14,22H,11H2,1H3. The molecular weight excluding hydrogens is 336 g/mol. The summed E-state index contributed by atoms with van der Waals surface area (Å²) in [7, 11) is 1.48. The Morgan fingerprint density at radius 3 is 2.69 bits per heavy atom. The van der Waals surface area contributed by atoms with Crippen LogP contribution in [0, 0.1) is 0 Å². The number of hydrogen-bond donors (Lipinski definition) is 1. The number of nitrogens with zero attached hydrogens (tertiary/aromatic N) is 2.